The number of likely N-dealkylation sites (tertiary alicyclic amines) is 1. The van der Waals surface area contributed by atoms with E-state index in [0.717, 1.165) is 24.8 Å². The molecule has 1 aliphatic heterocycles. The van der Waals surface area contributed by atoms with Crippen molar-refractivity contribution in [3.63, 3.8) is 0 Å². The van der Waals surface area contributed by atoms with E-state index in [0.29, 0.717) is 24.6 Å². The summed E-state index contributed by atoms with van der Waals surface area (Å²) in [5, 5.41) is 23.0. The Bertz CT molecular complexity index is 1330. The van der Waals surface area contributed by atoms with E-state index in [1.165, 1.54) is 0 Å². The zero-order valence-electron chi connectivity index (χ0n) is 34.6. The Morgan fingerprint density at radius 2 is 1.66 bits per heavy atom. The zero-order chi connectivity index (χ0) is 40.0. The number of rotatable bonds is 22. The van der Waals surface area contributed by atoms with Crippen LogP contribution in [0.25, 0.3) is 0 Å². The topological polar surface area (TPSA) is 154 Å². The SMILES string of the molecule is CC[C@H](C)C([C@@H](CC(=O)N1CCC[C@H]1[C@H](OC)[C@@H](C)CN[C@H](C)/C(=N/O)c1cccc(OC)c1)OC)N(C)C(=O)[C@@H](NC(=O)[C@@H](NC)C(C)C)C(C)C. The summed E-state index contributed by atoms with van der Waals surface area (Å²) < 4.78 is 17.5. The summed E-state index contributed by atoms with van der Waals surface area (Å²) in [6.07, 6.45) is 1.73. The van der Waals surface area contributed by atoms with Gasteiger partial charge in [-0.1, -0.05) is 72.2 Å². The van der Waals surface area contributed by atoms with Gasteiger partial charge in [0.1, 0.15) is 17.5 Å². The third-order valence-corrected chi connectivity index (χ3v) is 11.0. The molecule has 2 rings (SSSR count). The van der Waals surface area contributed by atoms with Crippen LogP contribution in [0.3, 0.4) is 0 Å². The fraction of sp³-hybridized carbons (Fsp3) is 0.750. The van der Waals surface area contributed by atoms with Gasteiger partial charge in [0.15, 0.2) is 0 Å². The molecular weight excluding hydrogens is 676 g/mol. The van der Waals surface area contributed by atoms with Gasteiger partial charge in [-0.05, 0) is 62.6 Å². The molecular formula is C40H70N6O7. The summed E-state index contributed by atoms with van der Waals surface area (Å²) in [5.41, 5.74) is 1.25. The molecule has 0 spiro atoms. The third kappa shape index (κ3) is 12.1. The summed E-state index contributed by atoms with van der Waals surface area (Å²) in [6.45, 7) is 17.1. The molecule has 0 radical (unpaired) electrons. The Balaban J connectivity index is 2.22. The summed E-state index contributed by atoms with van der Waals surface area (Å²) in [6, 6.07) is 5.43. The zero-order valence-corrected chi connectivity index (χ0v) is 34.6. The highest BCUT2D eigenvalue weighted by Crippen LogP contribution is 2.29. The average Bonchev–Trinajstić information content (AvgIpc) is 3.62. The maximum absolute atomic E-state index is 14.2. The summed E-state index contributed by atoms with van der Waals surface area (Å²) >= 11 is 0. The molecule has 1 aromatic carbocycles. The van der Waals surface area contributed by atoms with Crippen LogP contribution in [-0.4, -0.2) is 129 Å². The highest BCUT2D eigenvalue weighted by molar-refractivity contribution is 6.04. The highest BCUT2D eigenvalue weighted by atomic mass is 16.5. The van der Waals surface area contributed by atoms with Crippen LogP contribution in [0.4, 0.5) is 0 Å². The highest BCUT2D eigenvalue weighted by Gasteiger charge is 2.42. The molecule has 13 heteroatoms. The fourth-order valence-electron chi connectivity index (χ4n) is 7.73. The van der Waals surface area contributed by atoms with E-state index < -0.39 is 24.2 Å². The second-order valence-corrected chi connectivity index (χ2v) is 15.4. The van der Waals surface area contributed by atoms with Gasteiger partial charge in [-0.2, -0.15) is 0 Å². The Kier molecular flexibility index (Phi) is 19.2. The second-order valence-electron chi connectivity index (χ2n) is 15.4. The lowest BCUT2D eigenvalue weighted by Gasteiger charge is -2.41. The second kappa shape index (κ2) is 22.2. The van der Waals surface area contributed by atoms with Crippen LogP contribution in [0, 0.1) is 23.7 Å². The number of oxime groups is 1. The molecule has 13 nitrogen and oxygen atoms in total. The van der Waals surface area contributed by atoms with Gasteiger partial charge < -0.3 is 45.2 Å². The first-order valence-electron chi connectivity index (χ1n) is 19.3. The van der Waals surface area contributed by atoms with Gasteiger partial charge in [0, 0.05) is 39.9 Å². The van der Waals surface area contributed by atoms with Crippen molar-refractivity contribution in [3.8, 4) is 5.75 Å². The number of hydrogen-bond donors (Lipinski definition) is 4. The first-order valence-corrected chi connectivity index (χ1v) is 19.3. The van der Waals surface area contributed by atoms with Gasteiger partial charge in [0.05, 0.1) is 49.9 Å². The molecule has 1 fully saturated rings. The quantitative estimate of drug-likeness (QED) is 0.0779. The molecule has 302 valence electrons. The first-order chi connectivity index (χ1) is 25.1. The Hall–Kier alpha value is -3.26. The molecule has 53 heavy (non-hydrogen) atoms. The minimum atomic E-state index is -0.736. The lowest BCUT2D eigenvalue weighted by molar-refractivity contribution is -0.147. The number of hydrogen-bond acceptors (Lipinski definition) is 10. The number of likely N-dealkylation sites (N-methyl/N-ethyl adjacent to an activating group) is 2. The summed E-state index contributed by atoms with van der Waals surface area (Å²) in [5.74, 6) is 0.136. The standard InChI is InChI=1S/C40H70N6O7/c1-14-26(6)37(45(10)40(49)35(25(4)5)43-39(48)34(41-9)24(2)3)32(52-12)22-33(47)46-20-16-19-31(46)38(53-13)27(7)23-42-28(8)36(44-50)29-17-15-18-30(21-29)51-11/h15,17-18,21,24-28,31-32,34-35,37-38,41-42,50H,14,16,19-20,22-23H2,1-13H3,(H,43,48)/b44-36-/t26-,27-,28+,31-,32+,34-,35-,37?,38+/m0/s1. The van der Waals surface area contributed by atoms with E-state index in [2.05, 4.69) is 41.9 Å². The van der Waals surface area contributed by atoms with E-state index in [9.17, 15) is 19.6 Å². The van der Waals surface area contributed by atoms with Crippen molar-refractivity contribution in [2.45, 2.75) is 123 Å². The van der Waals surface area contributed by atoms with Crippen molar-refractivity contribution >= 4 is 23.4 Å². The largest absolute Gasteiger partial charge is 0.497 e. The molecule has 0 saturated carbocycles. The van der Waals surface area contributed by atoms with Crippen molar-refractivity contribution in [2.24, 2.45) is 28.8 Å². The molecule has 0 aliphatic carbocycles. The molecule has 1 aliphatic rings. The van der Waals surface area contributed by atoms with E-state index in [-0.39, 0.29) is 66.0 Å². The molecule has 1 heterocycles. The van der Waals surface area contributed by atoms with Crippen molar-refractivity contribution in [1.82, 2.24) is 25.8 Å². The van der Waals surface area contributed by atoms with Gasteiger partial charge in [-0.15, -0.1) is 0 Å². The molecule has 1 unspecified atom stereocenters. The molecule has 0 bridgehead atoms. The molecule has 4 N–H and O–H groups in total. The normalized spacial score (nSPS) is 19.6. The number of carbonyl (C=O) groups is 3. The van der Waals surface area contributed by atoms with Crippen LogP contribution < -0.4 is 20.7 Å². The van der Waals surface area contributed by atoms with Crippen molar-refractivity contribution in [2.75, 3.05) is 48.5 Å². The number of ether oxygens (including phenoxy) is 3. The van der Waals surface area contributed by atoms with Crippen LogP contribution in [0.5, 0.6) is 5.75 Å². The van der Waals surface area contributed by atoms with Gasteiger partial charge in [-0.25, -0.2) is 0 Å². The van der Waals surface area contributed by atoms with Crippen LogP contribution in [0.1, 0.15) is 86.6 Å². The number of nitrogens with one attached hydrogen (secondary N) is 3. The van der Waals surface area contributed by atoms with E-state index >= 15 is 0 Å². The maximum atomic E-state index is 14.2. The minimum absolute atomic E-state index is 0.0160. The monoisotopic (exact) mass is 747 g/mol. The van der Waals surface area contributed by atoms with Gasteiger partial charge >= 0.3 is 0 Å². The maximum Gasteiger partial charge on any atom is 0.245 e. The summed E-state index contributed by atoms with van der Waals surface area (Å²) in [7, 11) is 8.37. The molecule has 0 aromatic heterocycles. The number of nitrogens with zero attached hydrogens (tertiary/aromatic N) is 3. The first kappa shape index (κ1) is 45.9. The van der Waals surface area contributed by atoms with Crippen LogP contribution in [-0.2, 0) is 23.9 Å². The Labute approximate surface area is 318 Å². The molecule has 1 aromatic rings. The Morgan fingerprint density at radius 3 is 2.19 bits per heavy atom. The third-order valence-electron chi connectivity index (χ3n) is 11.0. The Morgan fingerprint density at radius 1 is 1.00 bits per heavy atom. The fourth-order valence-corrected chi connectivity index (χ4v) is 7.73. The molecule has 3 amide bonds. The van der Waals surface area contributed by atoms with E-state index in [4.69, 9.17) is 14.2 Å². The van der Waals surface area contributed by atoms with Gasteiger partial charge in [0.25, 0.3) is 0 Å². The predicted molar refractivity (Wildman–Crippen MR) is 209 cm³/mol. The van der Waals surface area contributed by atoms with Crippen molar-refractivity contribution in [3.05, 3.63) is 29.8 Å². The lowest BCUT2D eigenvalue weighted by atomic mass is 9.89. The van der Waals surface area contributed by atoms with Crippen LogP contribution in [0.2, 0.25) is 0 Å². The summed E-state index contributed by atoms with van der Waals surface area (Å²) in [4.78, 5) is 45.2. The van der Waals surface area contributed by atoms with Crippen LogP contribution >= 0.6 is 0 Å². The molecule has 9 atom stereocenters. The number of benzene rings is 1. The van der Waals surface area contributed by atoms with Crippen molar-refractivity contribution in [1.29, 1.82) is 0 Å². The van der Waals surface area contributed by atoms with E-state index in [1.807, 2.05) is 63.8 Å². The van der Waals surface area contributed by atoms with Crippen LogP contribution in [0.15, 0.2) is 29.4 Å². The average molecular weight is 747 g/mol. The number of carbonyl (C=O) groups excluding carboxylic acids is 3. The van der Waals surface area contributed by atoms with E-state index in [1.54, 1.807) is 40.3 Å². The number of amides is 3. The smallest absolute Gasteiger partial charge is 0.245 e. The van der Waals surface area contributed by atoms with Crippen molar-refractivity contribution < 1.29 is 33.8 Å². The van der Waals surface area contributed by atoms with Gasteiger partial charge in [0.2, 0.25) is 17.7 Å². The minimum Gasteiger partial charge on any atom is -0.497 e. The van der Waals surface area contributed by atoms with Gasteiger partial charge in [-0.3, -0.25) is 14.4 Å². The number of methoxy groups -OCH3 is 3. The lowest BCUT2D eigenvalue weighted by Crippen LogP contribution is -2.59. The molecule has 1 saturated heterocycles. The predicted octanol–water partition coefficient (Wildman–Crippen LogP) is 4.16.